The van der Waals surface area contributed by atoms with Crippen LogP contribution < -0.4 is 4.74 Å². The molecule has 35 heavy (non-hydrogen) atoms. The number of nitrogens with zero attached hydrogens (tertiary/aromatic N) is 4. The molecule has 1 aliphatic carbocycles. The third-order valence-electron chi connectivity index (χ3n) is 6.41. The van der Waals surface area contributed by atoms with Crippen molar-refractivity contribution in [2.45, 2.75) is 37.6 Å². The van der Waals surface area contributed by atoms with Crippen LogP contribution in [0.4, 0.5) is 17.6 Å². The second-order valence-electron chi connectivity index (χ2n) is 8.60. The summed E-state index contributed by atoms with van der Waals surface area (Å²) in [4.78, 5) is 27.3. The molecule has 182 valence electrons. The van der Waals surface area contributed by atoms with E-state index in [1.807, 2.05) is 0 Å². The highest BCUT2D eigenvalue weighted by atomic mass is 35.5. The number of carbonyl (C=O) groups is 1. The Bertz CT molecular complexity index is 1260. The number of aromatic nitrogens is 3. The van der Waals surface area contributed by atoms with Crippen molar-refractivity contribution in [2.24, 2.45) is 5.92 Å². The lowest BCUT2D eigenvalue weighted by Gasteiger charge is -2.49. The van der Waals surface area contributed by atoms with Crippen molar-refractivity contribution in [1.29, 1.82) is 0 Å². The number of ether oxygens (including phenoxy) is 1. The molecule has 3 fully saturated rings. The molecule has 2 aromatic heterocycles. The number of rotatable bonds is 4. The Balaban J connectivity index is 1.42. The highest BCUT2D eigenvalue weighted by molar-refractivity contribution is 6.31. The van der Waals surface area contributed by atoms with E-state index in [1.165, 1.54) is 30.6 Å². The Morgan fingerprint density at radius 3 is 2.57 bits per heavy atom. The molecular formula is C24H19ClF4N4O2. The number of hydrogen-bond donors (Lipinski definition) is 0. The Morgan fingerprint density at radius 2 is 1.89 bits per heavy atom. The predicted molar refractivity (Wildman–Crippen MR) is 118 cm³/mol. The standard InChI is InChI=1S/C24H19ClF4N4O2/c25-16-10-14(24(27,28)29)11-32-22(16)35-19-9-13-5-6-18(19)33(12-13)23(34)15-3-1-4-17(26)20(15)21-30-7-2-8-31-21/h1-4,7-8,10-11,13,18-19H,5-6,9,12H2. The number of halogens is 5. The summed E-state index contributed by atoms with van der Waals surface area (Å²) in [5.41, 5.74) is -0.823. The summed E-state index contributed by atoms with van der Waals surface area (Å²) in [6.07, 6.45) is 0.625. The lowest BCUT2D eigenvalue weighted by molar-refractivity contribution is -0.137. The van der Waals surface area contributed by atoms with Crippen LogP contribution in [-0.2, 0) is 6.18 Å². The summed E-state index contributed by atoms with van der Waals surface area (Å²) in [5.74, 6) is -0.898. The number of hydrogen-bond acceptors (Lipinski definition) is 5. The van der Waals surface area contributed by atoms with Gasteiger partial charge in [-0.25, -0.2) is 19.3 Å². The smallest absolute Gasteiger partial charge is 0.417 e. The number of benzene rings is 1. The number of piperidine rings is 2. The fourth-order valence-electron chi connectivity index (χ4n) is 4.81. The fourth-order valence-corrected chi connectivity index (χ4v) is 5.03. The molecule has 0 spiro atoms. The molecular weight excluding hydrogens is 488 g/mol. The average molecular weight is 507 g/mol. The van der Waals surface area contributed by atoms with Crippen molar-refractivity contribution in [2.75, 3.05) is 6.54 Å². The first-order chi connectivity index (χ1) is 16.7. The van der Waals surface area contributed by atoms with Gasteiger partial charge in [0, 0.05) is 25.1 Å². The van der Waals surface area contributed by atoms with E-state index in [9.17, 15) is 22.4 Å². The van der Waals surface area contributed by atoms with Gasteiger partial charge in [-0.1, -0.05) is 17.7 Å². The molecule has 0 N–H and O–H groups in total. The summed E-state index contributed by atoms with van der Waals surface area (Å²) in [7, 11) is 0. The van der Waals surface area contributed by atoms with E-state index in [2.05, 4.69) is 15.0 Å². The van der Waals surface area contributed by atoms with Gasteiger partial charge in [0.1, 0.15) is 16.9 Å². The summed E-state index contributed by atoms with van der Waals surface area (Å²) >= 11 is 6.03. The van der Waals surface area contributed by atoms with Gasteiger partial charge < -0.3 is 9.64 Å². The Kier molecular flexibility index (Phi) is 6.08. The van der Waals surface area contributed by atoms with E-state index in [0.717, 1.165) is 12.5 Å². The molecule has 3 unspecified atom stereocenters. The fraction of sp³-hybridized carbons (Fsp3) is 0.333. The summed E-state index contributed by atoms with van der Waals surface area (Å²) in [6.45, 7) is 0.461. The van der Waals surface area contributed by atoms with Crippen molar-refractivity contribution in [1.82, 2.24) is 19.9 Å². The molecule has 6 nitrogen and oxygen atoms in total. The van der Waals surface area contributed by atoms with E-state index < -0.39 is 23.7 Å². The van der Waals surface area contributed by atoms with Gasteiger partial charge in [-0.05, 0) is 49.4 Å². The molecule has 4 heterocycles. The highest BCUT2D eigenvalue weighted by Crippen LogP contribution is 2.40. The molecule has 6 rings (SSSR count). The summed E-state index contributed by atoms with van der Waals surface area (Å²) in [5, 5.41) is -0.257. The SMILES string of the molecule is O=C(c1cccc(F)c1-c1ncccn1)N1CC2CCC1C(Oc1ncc(C(F)(F)F)cc1Cl)C2. The number of alkyl halides is 3. The molecule has 11 heteroatoms. The van der Waals surface area contributed by atoms with Crippen molar-refractivity contribution in [3.63, 3.8) is 0 Å². The van der Waals surface area contributed by atoms with Crippen LogP contribution in [-0.4, -0.2) is 44.4 Å². The average Bonchev–Trinajstić information content (AvgIpc) is 2.85. The van der Waals surface area contributed by atoms with Gasteiger partial charge in [-0.15, -0.1) is 0 Å². The monoisotopic (exact) mass is 506 g/mol. The maximum Gasteiger partial charge on any atom is 0.417 e. The molecule has 2 aliphatic heterocycles. The van der Waals surface area contributed by atoms with E-state index >= 15 is 0 Å². The van der Waals surface area contributed by atoms with Crippen LogP contribution in [0.2, 0.25) is 5.02 Å². The zero-order valence-electron chi connectivity index (χ0n) is 18.2. The molecule has 2 saturated heterocycles. The zero-order chi connectivity index (χ0) is 24.7. The van der Waals surface area contributed by atoms with Crippen LogP contribution in [0, 0.1) is 11.7 Å². The maximum atomic E-state index is 14.8. The molecule has 3 aromatic rings. The molecule has 1 saturated carbocycles. The molecule has 2 bridgehead atoms. The lowest BCUT2D eigenvalue weighted by atomic mass is 9.77. The number of amides is 1. The van der Waals surface area contributed by atoms with E-state index in [0.29, 0.717) is 25.6 Å². The third kappa shape index (κ3) is 4.54. The van der Waals surface area contributed by atoms with Crippen molar-refractivity contribution in [3.8, 4) is 17.3 Å². The summed E-state index contributed by atoms with van der Waals surface area (Å²) < 4.78 is 59.6. The number of pyridine rings is 1. The van der Waals surface area contributed by atoms with Crippen molar-refractivity contribution < 1.29 is 27.1 Å². The second kappa shape index (κ2) is 9.07. The zero-order valence-corrected chi connectivity index (χ0v) is 18.9. The molecule has 1 amide bonds. The van der Waals surface area contributed by atoms with Gasteiger partial charge in [0.15, 0.2) is 5.82 Å². The predicted octanol–water partition coefficient (Wildman–Crippen LogP) is 5.42. The van der Waals surface area contributed by atoms with Crippen LogP contribution in [0.15, 0.2) is 48.9 Å². The highest BCUT2D eigenvalue weighted by Gasteiger charge is 2.45. The minimum atomic E-state index is -4.58. The van der Waals surface area contributed by atoms with Crippen molar-refractivity contribution in [3.05, 3.63) is 70.9 Å². The van der Waals surface area contributed by atoms with Gasteiger partial charge >= 0.3 is 6.18 Å². The van der Waals surface area contributed by atoms with Crippen LogP contribution in [0.25, 0.3) is 11.4 Å². The Labute approximate surface area is 202 Å². The van der Waals surface area contributed by atoms with Crippen molar-refractivity contribution >= 4 is 17.5 Å². The minimum Gasteiger partial charge on any atom is -0.471 e. The first kappa shape index (κ1) is 23.5. The Morgan fingerprint density at radius 1 is 1.11 bits per heavy atom. The minimum absolute atomic E-state index is 0.0180. The number of fused-ring (bicyclic) bond motifs is 3. The molecule has 3 atom stereocenters. The molecule has 0 radical (unpaired) electrons. The number of carbonyl (C=O) groups excluding carboxylic acids is 1. The van der Waals surface area contributed by atoms with Gasteiger partial charge in [0.05, 0.1) is 22.7 Å². The second-order valence-corrected chi connectivity index (χ2v) is 9.01. The summed E-state index contributed by atoms with van der Waals surface area (Å²) in [6, 6.07) is 6.22. The van der Waals surface area contributed by atoms with E-state index in [4.69, 9.17) is 16.3 Å². The lowest BCUT2D eigenvalue weighted by Crippen LogP contribution is -2.59. The van der Waals surface area contributed by atoms with E-state index in [-0.39, 0.29) is 45.7 Å². The first-order valence-corrected chi connectivity index (χ1v) is 11.4. The quantitative estimate of drug-likeness (QED) is 0.442. The first-order valence-electron chi connectivity index (χ1n) is 11.0. The van der Waals surface area contributed by atoms with Crippen LogP contribution in [0.3, 0.4) is 0 Å². The normalized spacial score (nSPS) is 21.7. The Hall–Kier alpha value is -3.27. The largest absolute Gasteiger partial charge is 0.471 e. The topological polar surface area (TPSA) is 68.2 Å². The van der Waals surface area contributed by atoms with Gasteiger partial charge in [-0.2, -0.15) is 13.2 Å². The van der Waals surface area contributed by atoms with Crippen LogP contribution in [0.1, 0.15) is 35.2 Å². The molecule has 3 aliphatic rings. The third-order valence-corrected chi connectivity index (χ3v) is 6.68. The maximum absolute atomic E-state index is 14.8. The van der Waals surface area contributed by atoms with Crippen LogP contribution in [0.5, 0.6) is 5.88 Å². The van der Waals surface area contributed by atoms with Gasteiger partial charge in [0.25, 0.3) is 5.91 Å². The van der Waals surface area contributed by atoms with Gasteiger partial charge in [-0.3, -0.25) is 4.79 Å². The van der Waals surface area contributed by atoms with Crippen LogP contribution >= 0.6 is 11.6 Å². The van der Waals surface area contributed by atoms with E-state index in [1.54, 1.807) is 11.0 Å². The van der Waals surface area contributed by atoms with Gasteiger partial charge in [0.2, 0.25) is 5.88 Å². The molecule has 1 aromatic carbocycles.